The van der Waals surface area contributed by atoms with E-state index in [1.807, 2.05) is 0 Å². The van der Waals surface area contributed by atoms with Gasteiger partial charge in [0.05, 0.1) is 17.1 Å². The van der Waals surface area contributed by atoms with Crippen LogP contribution in [0, 0.1) is 23.6 Å². The van der Waals surface area contributed by atoms with Crippen LogP contribution in [-0.4, -0.2) is 37.1 Å². The van der Waals surface area contributed by atoms with E-state index in [4.69, 9.17) is 11.6 Å². The molecule has 2 saturated carbocycles. The monoisotopic (exact) mass is 401 g/mol. The summed E-state index contributed by atoms with van der Waals surface area (Å²) in [6.45, 7) is 0. The molecule has 2 aliphatic carbocycles. The van der Waals surface area contributed by atoms with E-state index in [0.29, 0.717) is 22.1 Å². The summed E-state index contributed by atoms with van der Waals surface area (Å²) in [7, 11) is 0. The van der Waals surface area contributed by atoms with Gasteiger partial charge in [-0.1, -0.05) is 11.6 Å². The van der Waals surface area contributed by atoms with E-state index >= 15 is 0 Å². The molecule has 0 saturated heterocycles. The Morgan fingerprint density at radius 3 is 2.93 bits per heavy atom. The molecule has 28 heavy (non-hydrogen) atoms. The van der Waals surface area contributed by atoms with E-state index in [9.17, 15) is 14.3 Å². The predicted molar refractivity (Wildman–Crippen MR) is 101 cm³/mol. The van der Waals surface area contributed by atoms with Gasteiger partial charge in [-0.2, -0.15) is 0 Å². The molecule has 0 aliphatic heterocycles. The van der Waals surface area contributed by atoms with Gasteiger partial charge in [-0.3, -0.25) is 4.79 Å². The Morgan fingerprint density at radius 2 is 2.11 bits per heavy atom. The molecule has 5 rings (SSSR count). The number of pyridine rings is 1. The van der Waals surface area contributed by atoms with Crippen LogP contribution in [0.4, 0.5) is 10.2 Å². The maximum atomic E-state index is 14.4. The summed E-state index contributed by atoms with van der Waals surface area (Å²) in [6.07, 6.45) is 7.07. The Balaban J connectivity index is 1.51. The molecule has 4 atom stereocenters. The van der Waals surface area contributed by atoms with Crippen LogP contribution >= 0.6 is 11.6 Å². The SMILES string of the molecule is O=C(O)C1C2CC[C@H](C2)[C@H]1Nc1nc(-c2c[nH]c3ncc(Cl)cc23)ncc1F. The van der Waals surface area contributed by atoms with Crippen LogP contribution in [0.2, 0.25) is 5.02 Å². The second-order valence-corrected chi connectivity index (χ2v) is 7.95. The van der Waals surface area contributed by atoms with Crippen LogP contribution in [0.3, 0.4) is 0 Å². The minimum atomic E-state index is -0.836. The molecule has 9 heteroatoms. The number of carbonyl (C=O) groups is 1. The molecule has 0 amide bonds. The molecule has 3 N–H and O–H groups in total. The average molecular weight is 402 g/mol. The molecule has 3 aromatic heterocycles. The molecule has 0 aromatic carbocycles. The van der Waals surface area contributed by atoms with E-state index in [1.165, 1.54) is 6.20 Å². The van der Waals surface area contributed by atoms with Crippen molar-refractivity contribution >= 4 is 34.4 Å². The Bertz CT molecular complexity index is 1090. The Morgan fingerprint density at radius 1 is 1.29 bits per heavy atom. The normalized spacial score (nSPS) is 26.1. The number of fused-ring (bicyclic) bond motifs is 3. The molecule has 7 nitrogen and oxygen atoms in total. The van der Waals surface area contributed by atoms with Crippen LogP contribution in [0.5, 0.6) is 0 Å². The van der Waals surface area contributed by atoms with E-state index < -0.39 is 17.7 Å². The van der Waals surface area contributed by atoms with Crippen LogP contribution < -0.4 is 5.32 Å². The van der Waals surface area contributed by atoms with Crippen molar-refractivity contribution in [2.24, 2.45) is 17.8 Å². The molecular weight excluding hydrogens is 385 g/mol. The van der Waals surface area contributed by atoms with Gasteiger partial charge < -0.3 is 15.4 Å². The summed E-state index contributed by atoms with van der Waals surface area (Å²) < 4.78 is 14.4. The summed E-state index contributed by atoms with van der Waals surface area (Å²) in [5.74, 6) is -1.25. The molecule has 2 unspecified atom stereocenters. The van der Waals surface area contributed by atoms with E-state index in [2.05, 4.69) is 25.3 Å². The fourth-order valence-corrected chi connectivity index (χ4v) is 4.93. The van der Waals surface area contributed by atoms with Crippen LogP contribution in [0.1, 0.15) is 19.3 Å². The Kier molecular flexibility index (Phi) is 3.97. The van der Waals surface area contributed by atoms with Crippen molar-refractivity contribution in [3.8, 4) is 11.4 Å². The van der Waals surface area contributed by atoms with Crippen molar-refractivity contribution in [2.75, 3.05) is 5.32 Å². The Labute approximate surface area is 164 Å². The standard InChI is InChI=1S/C19H17ClFN5O2/c20-10-4-11-12(6-23-16(11)22-5-10)17-24-7-13(21)18(26-17)25-15-9-2-1-8(3-9)14(15)19(27)28/h4-9,14-15H,1-3H2,(H,22,23)(H,27,28)(H,24,25,26)/t8?,9-,14?,15-/m1/s1. The van der Waals surface area contributed by atoms with Crippen molar-refractivity contribution in [3.05, 3.63) is 35.5 Å². The number of aromatic amines is 1. The van der Waals surface area contributed by atoms with Gasteiger partial charge in [-0.25, -0.2) is 19.3 Å². The van der Waals surface area contributed by atoms with E-state index in [1.54, 1.807) is 12.3 Å². The largest absolute Gasteiger partial charge is 0.481 e. The van der Waals surface area contributed by atoms with Gasteiger partial charge in [0.1, 0.15) is 5.65 Å². The van der Waals surface area contributed by atoms with Crippen LogP contribution in [0.15, 0.2) is 24.7 Å². The van der Waals surface area contributed by atoms with Crippen molar-refractivity contribution in [1.82, 2.24) is 19.9 Å². The highest BCUT2D eigenvalue weighted by atomic mass is 35.5. The minimum absolute atomic E-state index is 0.0261. The number of H-pyrrole nitrogens is 1. The maximum Gasteiger partial charge on any atom is 0.308 e. The lowest BCUT2D eigenvalue weighted by Gasteiger charge is -2.29. The average Bonchev–Trinajstić information content (AvgIpc) is 3.37. The number of nitrogens with zero attached hydrogens (tertiary/aromatic N) is 3. The highest BCUT2D eigenvalue weighted by Crippen LogP contribution is 2.49. The molecular formula is C19H17ClFN5O2. The number of aromatic nitrogens is 4. The van der Waals surface area contributed by atoms with Gasteiger partial charge >= 0.3 is 5.97 Å². The molecule has 3 heterocycles. The summed E-state index contributed by atoms with van der Waals surface area (Å²) in [4.78, 5) is 27.4. The fraction of sp³-hybridized carbons (Fsp3) is 0.368. The number of nitrogens with one attached hydrogen (secondary N) is 2. The van der Waals surface area contributed by atoms with Gasteiger partial charge in [-0.05, 0) is 37.2 Å². The van der Waals surface area contributed by atoms with Crippen LogP contribution in [0.25, 0.3) is 22.4 Å². The zero-order valence-electron chi connectivity index (χ0n) is 14.7. The van der Waals surface area contributed by atoms with Crippen molar-refractivity contribution in [1.29, 1.82) is 0 Å². The first-order valence-electron chi connectivity index (χ1n) is 9.16. The van der Waals surface area contributed by atoms with E-state index in [0.717, 1.165) is 30.8 Å². The maximum absolute atomic E-state index is 14.4. The third kappa shape index (κ3) is 2.71. The number of hydrogen-bond acceptors (Lipinski definition) is 5. The molecule has 2 bridgehead atoms. The van der Waals surface area contributed by atoms with Crippen LogP contribution in [-0.2, 0) is 4.79 Å². The third-order valence-corrected chi connectivity index (χ3v) is 6.19. The summed E-state index contributed by atoms with van der Waals surface area (Å²) >= 11 is 6.04. The van der Waals surface area contributed by atoms with Gasteiger partial charge in [0.25, 0.3) is 0 Å². The van der Waals surface area contributed by atoms with Gasteiger partial charge in [-0.15, -0.1) is 0 Å². The number of aliphatic carboxylic acids is 1. The molecule has 2 fully saturated rings. The summed E-state index contributed by atoms with van der Waals surface area (Å²) in [6, 6.07) is 1.42. The molecule has 2 aliphatic rings. The minimum Gasteiger partial charge on any atom is -0.481 e. The van der Waals surface area contributed by atoms with E-state index in [-0.39, 0.29) is 23.7 Å². The predicted octanol–water partition coefficient (Wildman–Crippen LogP) is 3.72. The first-order valence-corrected chi connectivity index (χ1v) is 9.54. The zero-order chi connectivity index (χ0) is 19.4. The molecule has 0 radical (unpaired) electrons. The highest BCUT2D eigenvalue weighted by molar-refractivity contribution is 6.31. The molecule has 144 valence electrons. The smallest absolute Gasteiger partial charge is 0.308 e. The first-order chi connectivity index (χ1) is 13.5. The molecule has 0 spiro atoms. The highest BCUT2D eigenvalue weighted by Gasteiger charge is 2.51. The number of hydrogen-bond donors (Lipinski definition) is 3. The van der Waals surface area contributed by atoms with Crippen molar-refractivity contribution < 1.29 is 14.3 Å². The third-order valence-electron chi connectivity index (χ3n) is 5.99. The van der Waals surface area contributed by atoms with Crippen molar-refractivity contribution in [2.45, 2.75) is 25.3 Å². The second-order valence-electron chi connectivity index (χ2n) is 7.51. The lowest BCUT2D eigenvalue weighted by atomic mass is 9.84. The number of rotatable bonds is 4. The first kappa shape index (κ1) is 17.4. The van der Waals surface area contributed by atoms with Crippen molar-refractivity contribution in [3.63, 3.8) is 0 Å². The Hall–Kier alpha value is -2.74. The lowest BCUT2D eigenvalue weighted by Crippen LogP contribution is -2.39. The quantitative estimate of drug-likeness (QED) is 0.615. The zero-order valence-corrected chi connectivity index (χ0v) is 15.4. The number of carboxylic acids is 1. The summed E-state index contributed by atoms with van der Waals surface area (Å²) in [5, 5.41) is 13.9. The topological polar surface area (TPSA) is 104 Å². The van der Waals surface area contributed by atoms with Gasteiger partial charge in [0.2, 0.25) is 0 Å². The second kappa shape index (κ2) is 6.41. The number of halogens is 2. The number of carboxylic acid groups (broad SMARTS) is 1. The summed E-state index contributed by atoms with van der Waals surface area (Å²) in [5.41, 5.74) is 1.27. The lowest BCUT2D eigenvalue weighted by molar-refractivity contribution is -0.143. The number of anilines is 1. The van der Waals surface area contributed by atoms with Gasteiger partial charge in [0, 0.05) is 29.4 Å². The van der Waals surface area contributed by atoms with Gasteiger partial charge in [0.15, 0.2) is 17.5 Å². The fourth-order valence-electron chi connectivity index (χ4n) is 4.77. The molecule has 3 aromatic rings.